The lowest BCUT2D eigenvalue weighted by Gasteiger charge is -2.28. The van der Waals surface area contributed by atoms with Gasteiger partial charge in [-0.15, -0.1) is 0 Å². The van der Waals surface area contributed by atoms with Crippen molar-refractivity contribution in [3.63, 3.8) is 0 Å². The maximum atomic E-state index is 12.2. The van der Waals surface area contributed by atoms with Gasteiger partial charge in [-0.05, 0) is 31.2 Å². The topological polar surface area (TPSA) is 87.7 Å². The molecule has 0 aliphatic rings. The number of benzene rings is 2. The molecule has 3 N–H and O–H groups in total. The van der Waals surface area contributed by atoms with Gasteiger partial charge in [0.15, 0.2) is 0 Å². The Bertz CT molecular complexity index is 676. The number of carbonyl (C=O) groups is 2. The van der Waals surface area contributed by atoms with Gasteiger partial charge in [-0.3, -0.25) is 10.1 Å². The number of hydrogen-bond donors (Lipinski definition) is 3. The summed E-state index contributed by atoms with van der Waals surface area (Å²) < 4.78 is 5.11. The van der Waals surface area contributed by atoms with Crippen LogP contribution in [-0.2, 0) is 4.74 Å². The molecule has 0 radical (unpaired) electrons. The summed E-state index contributed by atoms with van der Waals surface area (Å²) in [5.74, 6) is -0.348. The van der Waals surface area contributed by atoms with E-state index in [0.717, 1.165) is 0 Å². The molecule has 2 aromatic rings. The van der Waals surface area contributed by atoms with E-state index in [0.29, 0.717) is 11.3 Å². The van der Waals surface area contributed by atoms with Crippen LogP contribution in [0.2, 0.25) is 0 Å². The van der Waals surface area contributed by atoms with Gasteiger partial charge in [0.1, 0.15) is 6.61 Å². The number of rotatable bonds is 6. The zero-order valence-corrected chi connectivity index (χ0v) is 13.4. The third kappa shape index (κ3) is 5.10. The second-order valence-corrected chi connectivity index (χ2v) is 5.61. The van der Waals surface area contributed by atoms with Gasteiger partial charge in [-0.2, -0.15) is 0 Å². The van der Waals surface area contributed by atoms with Crippen LogP contribution >= 0.6 is 0 Å². The van der Waals surface area contributed by atoms with Crippen LogP contribution in [0.25, 0.3) is 0 Å². The Labute approximate surface area is 140 Å². The highest BCUT2D eigenvalue weighted by atomic mass is 16.5. The molecule has 1 unspecified atom stereocenters. The molecule has 0 aliphatic heterocycles. The number of para-hydroxylation sites is 1. The average molecular weight is 328 g/mol. The first-order valence-corrected chi connectivity index (χ1v) is 7.50. The molecule has 2 rings (SSSR count). The lowest BCUT2D eigenvalue weighted by Crippen LogP contribution is -2.52. The molecule has 0 saturated carbocycles. The summed E-state index contributed by atoms with van der Waals surface area (Å²) >= 11 is 0. The monoisotopic (exact) mass is 328 g/mol. The first kappa shape index (κ1) is 17.5. The number of amides is 2. The SMILES string of the molecule is CC(CO)(COC(=O)Nc1ccccc1)NC(=O)c1ccccc1. The number of carbonyl (C=O) groups excluding carboxylic acids is 2. The predicted molar refractivity (Wildman–Crippen MR) is 90.8 cm³/mol. The van der Waals surface area contributed by atoms with E-state index < -0.39 is 11.6 Å². The Kier molecular flexibility index (Phi) is 5.92. The average Bonchev–Trinajstić information content (AvgIpc) is 2.61. The summed E-state index contributed by atoms with van der Waals surface area (Å²) in [4.78, 5) is 24.0. The molecule has 6 nitrogen and oxygen atoms in total. The molecule has 0 bridgehead atoms. The van der Waals surface area contributed by atoms with Crippen molar-refractivity contribution < 1.29 is 19.4 Å². The molecule has 24 heavy (non-hydrogen) atoms. The number of anilines is 1. The van der Waals surface area contributed by atoms with E-state index in [4.69, 9.17) is 4.74 Å². The number of aliphatic hydroxyl groups is 1. The quantitative estimate of drug-likeness (QED) is 0.760. The minimum atomic E-state index is -1.08. The van der Waals surface area contributed by atoms with E-state index in [9.17, 15) is 14.7 Å². The fourth-order valence-electron chi connectivity index (χ4n) is 1.96. The van der Waals surface area contributed by atoms with Gasteiger partial charge in [0.2, 0.25) is 0 Å². The number of ether oxygens (including phenoxy) is 1. The molecule has 0 fully saturated rings. The molecular formula is C18H20N2O4. The van der Waals surface area contributed by atoms with Crippen LogP contribution in [-0.4, -0.2) is 35.9 Å². The minimum absolute atomic E-state index is 0.166. The largest absolute Gasteiger partial charge is 0.447 e. The molecule has 0 spiro atoms. The number of hydrogen-bond acceptors (Lipinski definition) is 4. The Morgan fingerprint density at radius 1 is 1.04 bits per heavy atom. The van der Waals surface area contributed by atoms with Gasteiger partial charge in [0.05, 0.1) is 12.1 Å². The van der Waals surface area contributed by atoms with Crippen LogP contribution in [0.1, 0.15) is 17.3 Å². The molecule has 2 aromatic carbocycles. The van der Waals surface area contributed by atoms with E-state index in [1.807, 2.05) is 6.07 Å². The summed E-state index contributed by atoms with van der Waals surface area (Å²) in [7, 11) is 0. The van der Waals surface area contributed by atoms with Gasteiger partial charge in [0.25, 0.3) is 5.91 Å². The molecule has 126 valence electrons. The third-order valence-electron chi connectivity index (χ3n) is 3.34. The Morgan fingerprint density at radius 2 is 1.62 bits per heavy atom. The van der Waals surface area contributed by atoms with Crippen molar-refractivity contribution in [2.45, 2.75) is 12.5 Å². The Hall–Kier alpha value is -2.86. The van der Waals surface area contributed by atoms with Gasteiger partial charge in [-0.25, -0.2) is 4.79 Å². The van der Waals surface area contributed by atoms with Crippen LogP contribution in [0.3, 0.4) is 0 Å². The van der Waals surface area contributed by atoms with Crippen molar-refractivity contribution in [2.24, 2.45) is 0 Å². The van der Waals surface area contributed by atoms with Crippen molar-refractivity contribution in [3.8, 4) is 0 Å². The standard InChI is InChI=1S/C18H20N2O4/c1-18(12-21,20-16(22)14-8-4-2-5-9-14)13-24-17(23)19-15-10-6-3-7-11-15/h2-11,21H,12-13H2,1H3,(H,19,23)(H,20,22). The highest BCUT2D eigenvalue weighted by Crippen LogP contribution is 2.09. The normalized spacial score (nSPS) is 12.8. The van der Waals surface area contributed by atoms with E-state index in [-0.39, 0.29) is 19.1 Å². The van der Waals surface area contributed by atoms with Crippen LogP contribution in [0.4, 0.5) is 10.5 Å². The lowest BCUT2D eigenvalue weighted by molar-refractivity contribution is 0.0655. The third-order valence-corrected chi connectivity index (χ3v) is 3.34. The molecule has 1 atom stereocenters. The van der Waals surface area contributed by atoms with Crippen LogP contribution in [0, 0.1) is 0 Å². The smallest absolute Gasteiger partial charge is 0.411 e. The van der Waals surface area contributed by atoms with Crippen molar-refractivity contribution in [2.75, 3.05) is 18.5 Å². The molecule has 0 aromatic heterocycles. The molecular weight excluding hydrogens is 308 g/mol. The zero-order chi connectivity index (χ0) is 17.4. The van der Waals surface area contributed by atoms with Crippen LogP contribution in [0.15, 0.2) is 60.7 Å². The summed E-state index contributed by atoms with van der Waals surface area (Å²) in [6.45, 7) is 1.06. The molecule has 0 saturated heterocycles. The second-order valence-electron chi connectivity index (χ2n) is 5.61. The van der Waals surface area contributed by atoms with Gasteiger partial charge in [0, 0.05) is 11.3 Å². The fourth-order valence-corrected chi connectivity index (χ4v) is 1.96. The molecule has 0 aliphatic carbocycles. The predicted octanol–water partition coefficient (Wildman–Crippen LogP) is 2.42. The number of nitrogens with one attached hydrogen (secondary N) is 2. The van der Waals surface area contributed by atoms with Gasteiger partial charge in [-0.1, -0.05) is 36.4 Å². The van der Waals surface area contributed by atoms with E-state index in [2.05, 4.69) is 10.6 Å². The summed E-state index contributed by atoms with van der Waals surface area (Å²) in [5, 5.41) is 14.8. The Morgan fingerprint density at radius 3 is 2.21 bits per heavy atom. The molecule has 6 heteroatoms. The van der Waals surface area contributed by atoms with Gasteiger partial charge >= 0.3 is 6.09 Å². The highest BCUT2D eigenvalue weighted by molar-refractivity contribution is 5.94. The summed E-state index contributed by atoms with van der Waals surface area (Å²) in [5.41, 5.74) is -0.0199. The lowest BCUT2D eigenvalue weighted by atomic mass is 10.0. The first-order valence-electron chi connectivity index (χ1n) is 7.50. The maximum absolute atomic E-state index is 12.2. The maximum Gasteiger partial charge on any atom is 0.411 e. The first-order chi connectivity index (χ1) is 11.5. The van der Waals surface area contributed by atoms with Crippen molar-refractivity contribution >= 4 is 17.7 Å². The zero-order valence-electron chi connectivity index (χ0n) is 13.4. The minimum Gasteiger partial charge on any atom is -0.447 e. The summed E-state index contributed by atoms with van der Waals surface area (Å²) in [6, 6.07) is 17.5. The van der Waals surface area contributed by atoms with E-state index >= 15 is 0 Å². The molecule has 2 amide bonds. The van der Waals surface area contributed by atoms with Crippen LogP contribution in [0.5, 0.6) is 0 Å². The van der Waals surface area contributed by atoms with Gasteiger partial charge < -0.3 is 15.2 Å². The van der Waals surface area contributed by atoms with Crippen molar-refractivity contribution in [1.82, 2.24) is 5.32 Å². The van der Waals surface area contributed by atoms with Crippen molar-refractivity contribution in [3.05, 3.63) is 66.2 Å². The van der Waals surface area contributed by atoms with E-state index in [1.54, 1.807) is 61.5 Å². The molecule has 0 heterocycles. The fraction of sp³-hybridized carbons (Fsp3) is 0.222. The second kappa shape index (κ2) is 8.12. The summed E-state index contributed by atoms with van der Waals surface area (Å²) in [6.07, 6.45) is -0.658. The number of aliphatic hydroxyl groups excluding tert-OH is 1. The van der Waals surface area contributed by atoms with Crippen molar-refractivity contribution in [1.29, 1.82) is 0 Å². The Balaban J connectivity index is 1.90. The van der Waals surface area contributed by atoms with E-state index in [1.165, 1.54) is 0 Å². The highest BCUT2D eigenvalue weighted by Gasteiger charge is 2.28. The van der Waals surface area contributed by atoms with Crippen LogP contribution < -0.4 is 10.6 Å².